The summed E-state index contributed by atoms with van der Waals surface area (Å²) in [5.74, 6) is 1.55. The maximum Gasteiger partial charge on any atom is 0.151 e. The lowest BCUT2D eigenvalue weighted by Crippen LogP contribution is -2.07. The third kappa shape index (κ3) is 5.09. The molecule has 2 aromatic carbocycles. The van der Waals surface area contributed by atoms with Crippen molar-refractivity contribution in [2.24, 2.45) is 5.16 Å². The molecule has 3 nitrogen and oxygen atoms in total. The highest BCUT2D eigenvalue weighted by atomic mass is 16.6. The Labute approximate surface area is 150 Å². The Morgan fingerprint density at radius 3 is 2.60 bits per heavy atom. The Kier molecular flexibility index (Phi) is 6.49. The lowest BCUT2D eigenvalue weighted by Gasteiger charge is -2.11. The normalized spacial score (nSPS) is 15.3. The first-order chi connectivity index (χ1) is 12.4. The molecule has 1 fully saturated rings. The Hall–Kier alpha value is -2.29. The van der Waals surface area contributed by atoms with E-state index in [1.165, 1.54) is 31.2 Å². The van der Waals surface area contributed by atoms with Gasteiger partial charge in [-0.25, -0.2) is 0 Å². The first kappa shape index (κ1) is 17.5. The van der Waals surface area contributed by atoms with Crippen LogP contribution in [0.2, 0.25) is 0 Å². The summed E-state index contributed by atoms with van der Waals surface area (Å²) in [6, 6.07) is 19.3. The molecule has 1 aliphatic rings. The fourth-order valence-corrected chi connectivity index (χ4v) is 3.32. The number of nitrogens with zero attached hydrogens (tertiary/aromatic N) is 1. The van der Waals surface area contributed by atoms with Crippen LogP contribution in [0.4, 0.5) is 0 Å². The van der Waals surface area contributed by atoms with Crippen LogP contribution in [0.1, 0.15) is 56.1 Å². The number of ether oxygens (including phenoxy) is 1. The van der Waals surface area contributed by atoms with Crippen molar-refractivity contribution in [3.8, 4) is 5.75 Å². The summed E-state index contributed by atoms with van der Waals surface area (Å²) in [6.45, 7) is 3.00. The number of oxime groups is 1. The van der Waals surface area contributed by atoms with Crippen molar-refractivity contribution >= 4 is 5.71 Å². The van der Waals surface area contributed by atoms with E-state index in [9.17, 15) is 0 Å². The maximum atomic E-state index is 5.57. The van der Waals surface area contributed by atoms with E-state index >= 15 is 0 Å². The smallest absolute Gasteiger partial charge is 0.151 e. The van der Waals surface area contributed by atoms with Crippen molar-refractivity contribution < 1.29 is 9.57 Å². The third-order valence-electron chi connectivity index (χ3n) is 4.70. The van der Waals surface area contributed by atoms with E-state index in [1.54, 1.807) is 0 Å². The van der Waals surface area contributed by atoms with Crippen LogP contribution in [0.5, 0.6) is 5.75 Å². The first-order valence-corrected chi connectivity index (χ1v) is 9.25. The fourth-order valence-electron chi connectivity index (χ4n) is 3.32. The van der Waals surface area contributed by atoms with Crippen LogP contribution in [0.25, 0.3) is 0 Å². The minimum Gasteiger partial charge on any atom is -0.490 e. The molecule has 0 amide bonds. The van der Waals surface area contributed by atoms with Gasteiger partial charge in [-0.1, -0.05) is 61.3 Å². The van der Waals surface area contributed by atoms with E-state index in [0.29, 0.717) is 13.2 Å². The summed E-state index contributed by atoms with van der Waals surface area (Å²) >= 11 is 0. The monoisotopic (exact) mass is 336 g/mol. The molecule has 0 atom stereocenters. The van der Waals surface area contributed by atoms with Gasteiger partial charge in [0.2, 0.25) is 0 Å². The number of rotatable bonds is 8. The maximum absolute atomic E-state index is 5.57. The molecule has 0 N–H and O–H groups in total. The van der Waals surface area contributed by atoms with E-state index in [2.05, 4.69) is 42.4 Å². The van der Waals surface area contributed by atoms with Crippen molar-refractivity contribution in [2.45, 2.75) is 44.9 Å². The predicted octanol–water partition coefficient (Wildman–Crippen LogP) is 5.35. The van der Waals surface area contributed by atoms with Gasteiger partial charge in [-0.05, 0) is 54.5 Å². The van der Waals surface area contributed by atoms with Gasteiger partial charge in [0.25, 0.3) is 0 Å². The van der Waals surface area contributed by atoms with Crippen molar-refractivity contribution in [2.75, 3.05) is 13.2 Å². The molecule has 0 unspecified atom stereocenters. The molecule has 0 aromatic heterocycles. The quantitative estimate of drug-likeness (QED) is 0.369. The highest BCUT2D eigenvalue weighted by molar-refractivity contribution is 6.00. The van der Waals surface area contributed by atoms with Crippen molar-refractivity contribution in [3.05, 3.63) is 65.7 Å². The molecule has 0 bridgehead atoms. The minimum atomic E-state index is 0.429. The van der Waals surface area contributed by atoms with Crippen LogP contribution >= 0.6 is 0 Å². The number of hydrogen-bond acceptors (Lipinski definition) is 3. The summed E-state index contributed by atoms with van der Waals surface area (Å²) in [6.07, 6.45) is 6.24. The zero-order valence-corrected chi connectivity index (χ0v) is 14.9. The fraction of sp³-hybridized carbons (Fsp3) is 0.409. The van der Waals surface area contributed by atoms with E-state index in [0.717, 1.165) is 29.4 Å². The van der Waals surface area contributed by atoms with Gasteiger partial charge in [0.05, 0.1) is 5.71 Å². The van der Waals surface area contributed by atoms with E-state index in [4.69, 9.17) is 9.57 Å². The lowest BCUT2D eigenvalue weighted by atomic mass is 9.95. The Morgan fingerprint density at radius 2 is 1.92 bits per heavy atom. The zero-order valence-electron chi connectivity index (χ0n) is 14.9. The number of benzene rings is 2. The molecular formula is C22H26NO2. The molecular weight excluding hydrogens is 310 g/mol. The van der Waals surface area contributed by atoms with Gasteiger partial charge in [0, 0.05) is 0 Å². The summed E-state index contributed by atoms with van der Waals surface area (Å²) in [5, 5.41) is 4.30. The molecule has 1 aliphatic carbocycles. The van der Waals surface area contributed by atoms with Crippen LogP contribution in [0, 0.1) is 6.07 Å². The molecule has 2 aromatic rings. The van der Waals surface area contributed by atoms with Gasteiger partial charge < -0.3 is 9.57 Å². The predicted molar refractivity (Wildman–Crippen MR) is 101 cm³/mol. The molecule has 3 heteroatoms. The number of hydrogen-bond donors (Lipinski definition) is 0. The second kappa shape index (κ2) is 9.26. The molecule has 1 saturated carbocycles. The Balaban J connectivity index is 1.49. The Bertz CT molecular complexity index is 658. The molecule has 25 heavy (non-hydrogen) atoms. The Morgan fingerprint density at radius 1 is 1.12 bits per heavy atom. The van der Waals surface area contributed by atoms with Crippen molar-refractivity contribution in [1.29, 1.82) is 0 Å². The van der Waals surface area contributed by atoms with Crippen LogP contribution in [-0.4, -0.2) is 18.9 Å². The van der Waals surface area contributed by atoms with Gasteiger partial charge in [0.1, 0.15) is 12.4 Å². The summed E-state index contributed by atoms with van der Waals surface area (Å²) < 4.78 is 5.57. The molecule has 0 saturated heterocycles. The SMILES string of the molecule is CC/C(=N\OCCOc1c[c]ccc1)c1ccc(C2CCCC2)cc1. The van der Waals surface area contributed by atoms with Crippen molar-refractivity contribution in [1.82, 2.24) is 0 Å². The minimum absolute atomic E-state index is 0.429. The van der Waals surface area contributed by atoms with Gasteiger partial charge in [-0.3, -0.25) is 0 Å². The topological polar surface area (TPSA) is 30.8 Å². The van der Waals surface area contributed by atoms with Gasteiger partial charge in [0.15, 0.2) is 6.61 Å². The van der Waals surface area contributed by atoms with Crippen LogP contribution < -0.4 is 4.74 Å². The van der Waals surface area contributed by atoms with E-state index in [1.807, 2.05) is 24.3 Å². The highest BCUT2D eigenvalue weighted by Crippen LogP contribution is 2.34. The summed E-state index contributed by atoms with van der Waals surface area (Å²) in [5.41, 5.74) is 3.58. The molecule has 0 spiro atoms. The molecule has 131 valence electrons. The third-order valence-corrected chi connectivity index (χ3v) is 4.70. The average Bonchev–Trinajstić information content (AvgIpc) is 3.21. The van der Waals surface area contributed by atoms with Gasteiger partial charge >= 0.3 is 0 Å². The molecule has 1 radical (unpaired) electrons. The average molecular weight is 336 g/mol. The molecule has 3 rings (SSSR count). The highest BCUT2D eigenvalue weighted by Gasteiger charge is 2.16. The lowest BCUT2D eigenvalue weighted by molar-refractivity contribution is 0.107. The van der Waals surface area contributed by atoms with Crippen molar-refractivity contribution in [3.63, 3.8) is 0 Å². The first-order valence-electron chi connectivity index (χ1n) is 9.25. The van der Waals surface area contributed by atoms with Crippen LogP contribution in [0.3, 0.4) is 0 Å². The second-order valence-corrected chi connectivity index (χ2v) is 6.42. The molecule has 0 heterocycles. The molecule has 0 aliphatic heterocycles. The van der Waals surface area contributed by atoms with Crippen LogP contribution in [0.15, 0.2) is 53.7 Å². The zero-order chi connectivity index (χ0) is 17.3. The summed E-state index contributed by atoms with van der Waals surface area (Å²) in [7, 11) is 0. The van der Waals surface area contributed by atoms with Crippen LogP contribution in [-0.2, 0) is 4.84 Å². The van der Waals surface area contributed by atoms with Gasteiger partial charge in [-0.2, -0.15) is 0 Å². The second-order valence-electron chi connectivity index (χ2n) is 6.42. The summed E-state index contributed by atoms with van der Waals surface area (Å²) in [4.78, 5) is 5.45. The largest absolute Gasteiger partial charge is 0.490 e. The van der Waals surface area contributed by atoms with Gasteiger partial charge in [-0.15, -0.1) is 0 Å². The standard InChI is InChI=1S/C22H26NO2/c1-2-22(23-25-17-16-24-21-10-4-3-5-11-21)20-14-12-19(13-15-20)18-8-6-7-9-18/h3-4,10-15,18H,2,6-9,16-17H2,1H3/b23-22+. The van der Waals surface area contributed by atoms with E-state index < -0.39 is 0 Å². The van der Waals surface area contributed by atoms with E-state index in [-0.39, 0.29) is 0 Å².